The number of thiophene rings is 1. The molecule has 0 saturated carbocycles. The van der Waals surface area contributed by atoms with Gasteiger partial charge in [0.05, 0.1) is 18.0 Å². The molecule has 4 nitrogen and oxygen atoms in total. The summed E-state index contributed by atoms with van der Waals surface area (Å²) >= 11 is 3.02. The quantitative estimate of drug-likeness (QED) is 0.696. The van der Waals surface area contributed by atoms with Gasteiger partial charge >= 0.3 is 0 Å². The van der Waals surface area contributed by atoms with E-state index in [0.717, 1.165) is 21.2 Å². The molecule has 2 aromatic heterocycles. The van der Waals surface area contributed by atoms with Gasteiger partial charge in [-0.2, -0.15) is 0 Å². The molecule has 0 aliphatic rings. The Balaban J connectivity index is 1.49. The molecule has 1 N–H and O–H groups in total. The van der Waals surface area contributed by atoms with Gasteiger partial charge in [-0.3, -0.25) is 4.79 Å². The van der Waals surface area contributed by atoms with Crippen LogP contribution in [0.1, 0.15) is 4.88 Å². The van der Waals surface area contributed by atoms with Crippen molar-refractivity contribution in [2.75, 3.05) is 5.75 Å². The largest absolute Gasteiger partial charge is 0.350 e. The van der Waals surface area contributed by atoms with Crippen LogP contribution in [-0.4, -0.2) is 21.9 Å². The highest BCUT2D eigenvalue weighted by atomic mass is 32.2. The minimum Gasteiger partial charge on any atom is -0.350 e. The minimum atomic E-state index is -0.00247. The summed E-state index contributed by atoms with van der Waals surface area (Å²) in [6, 6.07) is 17.7. The molecule has 0 spiro atoms. The van der Waals surface area contributed by atoms with Crippen LogP contribution in [0.4, 0.5) is 0 Å². The molecule has 3 rings (SSSR count). The van der Waals surface area contributed by atoms with Crippen molar-refractivity contribution in [3.8, 4) is 11.3 Å². The molecule has 0 atom stereocenters. The fourth-order valence-corrected chi connectivity index (χ4v) is 3.24. The molecule has 0 aliphatic heterocycles. The van der Waals surface area contributed by atoms with Crippen LogP contribution in [-0.2, 0) is 11.3 Å². The van der Waals surface area contributed by atoms with Crippen LogP contribution in [0.15, 0.2) is 65.0 Å². The van der Waals surface area contributed by atoms with Crippen LogP contribution in [0.3, 0.4) is 0 Å². The van der Waals surface area contributed by atoms with Gasteiger partial charge in [-0.15, -0.1) is 21.5 Å². The fourth-order valence-electron chi connectivity index (χ4n) is 1.95. The molecule has 3 aromatic rings. The molecular weight excluding hydrogens is 326 g/mol. The molecule has 1 amide bonds. The van der Waals surface area contributed by atoms with Gasteiger partial charge < -0.3 is 5.32 Å². The van der Waals surface area contributed by atoms with Crippen molar-refractivity contribution in [1.29, 1.82) is 0 Å². The lowest BCUT2D eigenvalue weighted by molar-refractivity contribution is -0.118. The molecular formula is C17H15N3OS2. The van der Waals surface area contributed by atoms with Crippen LogP contribution in [0, 0.1) is 0 Å². The second kappa shape index (κ2) is 7.89. The second-order valence-corrected chi connectivity index (χ2v) is 6.80. The van der Waals surface area contributed by atoms with Crippen LogP contribution in [0.2, 0.25) is 0 Å². The number of rotatable bonds is 6. The minimum absolute atomic E-state index is 0.00247. The smallest absolute Gasteiger partial charge is 0.230 e. The Morgan fingerprint density at radius 2 is 1.91 bits per heavy atom. The third-order valence-corrected chi connectivity index (χ3v) is 4.90. The molecule has 0 unspecified atom stereocenters. The molecule has 0 radical (unpaired) electrons. The molecule has 1 aromatic carbocycles. The first-order chi connectivity index (χ1) is 11.3. The second-order valence-electron chi connectivity index (χ2n) is 4.77. The molecule has 0 fully saturated rings. The molecule has 23 heavy (non-hydrogen) atoms. The standard InChI is InChI=1S/C17H15N3OS2/c21-16(18-11-14-7-4-10-22-14)12-23-17-9-8-15(19-20-17)13-5-2-1-3-6-13/h1-10H,11-12H2,(H,18,21). The number of hydrogen-bond acceptors (Lipinski definition) is 5. The zero-order chi connectivity index (χ0) is 15.9. The highest BCUT2D eigenvalue weighted by Gasteiger charge is 2.05. The number of thioether (sulfide) groups is 1. The lowest BCUT2D eigenvalue weighted by atomic mass is 10.1. The van der Waals surface area contributed by atoms with E-state index < -0.39 is 0 Å². The van der Waals surface area contributed by atoms with Gasteiger partial charge in [-0.25, -0.2) is 0 Å². The molecule has 0 saturated heterocycles. The van der Waals surface area contributed by atoms with E-state index in [9.17, 15) is 4.79 Å². The van der Waals surface area contributed by atoms with E-state index in [1.165, 1.54) is 11.8 Å². The molecule has 6 heteroatoms. The maximum absolute atomic E-state index is 11.8. The van der Waals surface area contributed by atoms with Crippen molar-refractivity contribution in [3.63, 3.8) is 0 Å². The number of carbonyl (C=O) groups is 1. The maximum atomic E-state index is 11.8. The van der Waals surface area contributed by atoms with E-state index >= 15 is 0 Å². The number of benzene rings is 1. The van der Waals surface area contributed by atoms with E-state index in [2.05, 4.69) is 15.5 Å². The summed E-state index contributed by atoms with van der Waals surface area (Å²) in [6.45, 7) is 0.579. The third kappa shape index (κ3) is 4.64. The van der Waals surface area contributed by atoms with Crippen LogP contribution in [0.25, 0.3) is 11.3 Å². The summed E-state index contributed by atoms with van der Waals surface area (Å²) in [5.41, 5.74) is 1.86. The fraction of sp³-hybridized carbons (Fsp3) is 0.118. The maximum Gasteiger partial charge on any atom is 0.230 e. The van der Waals surface area contributed by atoms with E-state index in [4.69, 9.17) is 0 Å². The number of carbonyl (C=O) groups excluding carboxylic acids is 1. The Labute approximate surface area is 143 Å². The van der Waals surface area contributed by atoms with E-state index in [0.29, 0.717) is 12.3 Å². The lowest BCUT2D eigenvalue weighted by Crippen LogP contribution is -2.24. The Morgan fingerprint density at radius 1 is 1.04 bits per heavy atom. The van der Waals surface area contributed by atoms with Crippen molar-refractivity contribution >= 4 is 29.0 Å². The van der Waals surface area contributed by atoms with Crippen LogP contribution < -0.4 is 5.32 Å². The predicted molar refractivity (Wildman–Crippen MR) is 94.4 cm³/mol. The van der Waals surface area contributed by atoms with Gasteiger partial charge in [0, 0.05) is 10.4 Å². The summed E-state index contributed by atoms with van der Waals surface area (Å²) in [5.74, 6) is 0.336. The molecule has 116 valence electrons. The van der Waals surface area contributed by atoms with Crippen molar-refractivity contribution in [3.05, 3.63) is 64.9 Å². The average molecular weight is 341 g/mol. The topological polar surface area (TPSA) is 54.9 Å². The average Bonchev–Trinajstić information content (AvgIpc) is 3.13. The van der Waals surface area contributed by atoms with Crippen molar-refractivity contribution < 1.29 is 4.79 Å². The number of amides is 1. The van der Waals surface area contributed by atoms with Crippen LogP contribution in [0.5, 0.6) is 0 Å². The van der Waals surface area contributed by atoms with E-state index in [1.54, 1.807) is 11.3 Å². The first-order valence-corrected chi connectivity index (χ1v) is 8.99. The van der Waals surface area contributed by atoms with Crippen molar-refractivity contribution in [2.24, 2.45) is 0 Å². The number of hydrogen-bond donors (Lipinski definition) is 1. The highest BCUT2D eigenvalue weighted by molar-refractivity contribution is 7.99. The van der Waals surface area contributed by atoms with Gasteiger partial charge in [0.25, 0.3) is 0 Å². The normalized spacial score (nSPS) is 10.4. The van der Waals surface area contributed by atoms with Crippen molar-refractivity contribution in [2.45, 2.75) is 11.6 Å². The number of nitrogens with zero attached hydrogens (tertiary/aromatic N) is 2. The Kier molecular flexibility index (Phi) is 5.39. The summed E-state index contributed by atoms with van der Waals surface area (Å²) in [7, 11) is 0. The third-order valence-electron chi connectivity index (χ3n) is 3.10. The Hall–Kier alpha value is -2.18. The molecule has 0 aliphatic carbocycles. The first-order valence-electron chi connectivity index (χ1n) is 7.12. The van der Waals surface area contributed by atoms with Crippen molar-refractivity contribution in [1.82, 2.24) is 15.5 Å². The monoisotopic (exact) mass is 341 g/mol. The SMILES string of the molecule is O=C(CSc1ccc(-c2ccccc2)nn1)NCc1cccs1. The van der Waals surface area contributed by atoms with Gasteiger partial charge in [-0.05, 0) is 23.6 Å². The van der Waals surface area contributed by atoms with Gasteiger partial charge in [0.2, 0.25) is 5.91 Å². The summed E-state index contributed by atoms with van der Waals surface area (Å²) in [5, 5.41) is 14.0. The van der Waals surface area contributed by atoms with Crippen LogP contribution >= 0.6 is 23.1 Å². The summed E-state index contributed by atoms with van der Waals surface area (Å²) in [4.78, 5) is 13.0. The zero-order valence-electron chi connectivity index (χ0n) is 12.3. The molecule has 0 bridgehead atoms. The Bertz CT molecular complexity index is 743. The molecule has 2 heterocycles. The zero-order valence-corrected chi connectivity index (χ0v) is 13.9. The van der Waals surface area contributed by atoms with E-state index in [1.807, 2.05) is 60.0 Å². The summed E-state index contributed by atoms with van der Waals surface area (Å²) < 4.78 is 0. The van der Waals surface area contributed by atoms with Gasteiger partial charge in [-0.1, -0.05) is 48.2 Å². The first kappa shape index (κ1) is 15.7. The lowest BCUT2D eigenvalue weighted by Gasteiger charge is -2.04. The summed E-state index contributed by atoms with van der Waals surface area (Å²) in [6.07, 6.45) is 0. The van der Waals surface area contributed by atoms with Gasteiger partial charge in [0.15, 0.2) is 0 Å². The van der Waals surface area contributed by atoms with E-state index in [-0.39, 0.29) is 5.91 Å². The number of aromatic nitrogens is 2. The Morgan fingerprint density at radius 3 is 2.61 bits per heavy atom. The predicted octanol–water partition coefficient (Wildman–Crippen LogP) is 3.61. The number of nitrogens with one attached hydrogen (secondary N) is 1. The highest BCUT2D eigenvalue weighted by Crippen LogP contribution is 2.19. The van der Waals surface area contributed by atoms with Gasteiger partial charge in [0.1, 0.15) is 5.03 Å².